The Morgan fingerprint density at radius 1 is 1.62 bits per heavy atom. The summed E-state index contributed by atoms with van der Waals surface area (Å²) < 4.78 is 0. The van der Waals surface area contributed by atoms with Crippen molar-refractivity contribution in [2.75, 3.05) is 11.9 Å². The molecule has 13 heavy (non-hydrogen) atoms. The predicted molar refractivity (Wildman–Crippen MR) is 50.4 cm³/mol. The molecule has 0 aliphatic carbocycles. The van der Waals surface area contributed by atoms with Crippen molar-refractivity contribution >= 4 is 17.4 Å². The minimum Gasteiger partial charge on any atom is -0.369 e. The summed E-state index contributed by atoms with van der Waals surface area (Å²) in [6.07, 6.45) is 4.28. The Bertz CT molecular complexity index is 307. The van der Waals surface area contributed by atoms with Crippen LogP contribution in [0.15, 0.2) is 12.5 Å². The zero-order valence-electron chi connectivity index (χ0n) is 7.00. The Balaban J connectivity index is 2.37. The smallest absolute Gasteiger partial charge is 0.148 e. The Morgan fingerprint density at radius 2 is 2.46 bits per heavy atom. The zero-order valence-corrected chi connectivity index (χ0v) is 7.75. The summed E-state index contributed by atoms with van der Waals surface area (Å²) in [6.45, 7) is 0.699. The van der Waals surface area contributed by atoms with Crippen LogP contribution in [0.1, 0.15) is 12.8 Å². The van der Waals surface area contributed by atoms with Gasteiger partial charge in [0.25, 0.3) is 0 Å². The van der Waals surface area contributed by atoms with E-state index in [1.807, 2.05) is 0 Å². The van der Waals surface area contributed by atoms with Gasteiger partial charge in [0, 0.05) is 13.0 Å². The third kappa shape index (κ3) is 3.26. The maximum absolute atomic E-state index is 8.29. The first-order valence-corrected chi connectivity index (χ1v) is 4.28. The highest BCUT2D eigenvalue weighted by Crippen LogP contribution is 2.15. The van der Waals surface area contributed by atoms with Gasteiger partial charge in [-0.25, -0.2) is 9.97 Å². The summed E-state index contributed by atoms with van der Waals surface area (Å²) >= 11 is 5.78. The van der Waals surface area contributed by atoms with Crippen molar-refractivity contribution in [1.29, 1.82) is 5.26 Å². The number of unbranched alkanes of at least 4 members (excludes halogenated alkanes) is 1. The fourth-order valence-corrected chi connectivity index (χ4v) is 0.989. The SMILES string of the molecule is N#CCCCNc1ncncc1Cl. The number of hydrogen-bond acceptors (Lipinski definition) is 4. The average molecular weight is 197 g/mol. The molecule has 1 aromatic heterocycles. The monoisotopic (exact) mass is 196 g/mol. The minimum atomic E-state index is 0.499. The van der Waals surface area contributed by atoms with E-state index in [1.165, 1.54) is 12.5 Å². The maximum atomic E-state index is 8.29. The summed E-state index contributed by atoms with van der Waals surface area (Å²) in [6, 6.07) is 2.06. The highest BCUT2D eigenvalue weighted by Gasteiger charge is 1.98. The van der Waals surface area contributed by atoms with Gasteiger partial charge in [-0.05, 0) is 6.42 Å². The number of aromatic nitrogens is 2. The first-order valence-electron chi connectivity index (χ1n) is 3.91. The molecule has 0 aliphatic heterocycles. The van der Waals surface area contributed by atoms with Crippen LogP contribution in [0.3, 0.4) is 0 Å². The van der Waals surface area contributed by atoms with Gasteiger partial charge in [0.2, 0.25) is 0 Å². The lowest BCUT2D eigenvalue weighted by Gasteiger charge is -2.03. The first-order chi connectivity index (χ1) is 6.34. The summed E-state index contributed by atoms with van der Waals surface area (Å²) in [5, 5.41) is 11.8. The van der Waals surface area contributed by atoms with Gasteiger partial charge in [-0.3, -0.25) is 0 Å². The van der Waals surface area contributed by atoms with Crippen LogP contribution in [0, 0.1) is 11.3 Å². The lowest BCUT2D eigenvalue weighted by molar-refractivity contribution is 0.890. The molecule has 0 bridgehead atoms. The average Bonchev–Trinajstić information content (AvgIpc) is 2.15. The molecule has 0 fully saturated rings. The standard InChI is InChI=1S/C8H9ClN4/c9-7-5-11-6-13-8(7)12-4-2-1-3-10/h5-6H,1-2,4H2,(H,11,12,13). The van der Waals surface area contributed by atoms with Crippen molar-refractivity contribution in [3.8, 4) is 6.07 Å². The third-order valence-electron chi connectivity index (χ3n) is 1.43. The van der Waals surface area contributed by atoms with Crippen molar-refractivity contribution in [1.82, 2.24) is 9.97 Å². The van der Waals surface area contributed by atoms with Gasteiger partial charge in [0.05, 0.1) is 12.3 Å². The summed E-state index contributed by atoms with van der Waals surface area (Å²) in [5.74, 6) is 0.620. The van der Waals surface area contributed by atoms with Gasteiger partial charge < -0.3 is 5.32 Å². The Morgan fingerprint density at radius 3 is 3.15 bits per heavy atom. The molecule has 1 heterocycles. The molecule has 5 heteroatoms. The lowest BCUT2D eigenvalue weighted by atomic mass is 10.3. The second kappa shape index (κ2) is 5.33. The normalized spacial score (nSPS) is 9.23. The van der Waals surface area contributed by atoms with E-state index in [0.29, 0.717) is 23.8 Å². The minimum absolute atomic E-state index is 0.499. The molecule has 1 aromatic rings. The fraction of sp³-hybridized carbons (Fsp3) is 0.375. The van der Waals surface area contributed by atoms with Gasteiger partial charge in [-0.1, -0.05) is 11.6 Å². The van der Waals surface area contributed by atoms with Gasteiger partial charge in [-0.15, -0.1) is 0 Å². The van der Waals surface area contributed by atoms with Gasteiger partial charge in [0.1, 0.15) is 17.2 Å². The molecule has 0 unspecified atom stereocenters. The van der Waals surface area contributed by atoms with Gasteiger partial charge in [0.15, 0.2) is 0 Å². The second-order valence-corrected chi connectivity index (χ2v) is 2.81. The van der Waals surface area contributed by atoms with Gasteiger partial charge in [-0.2, -0.15) is 5.26 Å². The molecule has 0 saturated carbocycles. The van der Waals surface area contributed by atoms with Crippen LogP contribution < -0.4 is 5.32 Å². The number of anilines is 1. The van der Waals surface area contributed by atoms with Crippen molar-refractivity contribution in [3.63, 3.8) is 0 Å². The molecule has 1 N–H and O–H groups in total. The van der Waals surface area contributed by atoms with E-state index in [1.54, 1.807) is 0 Å². The molecular formula is C8H9ClN4. The largest absolute Gasteiger partial charge is 0.369 e. The molecule has 0 atom stereocenters. The van der Waals surface area contributed by atoms with Crippen molar-refractivity contribution < 1.29 is 0 Å². The molecule has 4 nitrogen and oxygen atoms in total. The quantitative estimate of drug-likeness (QED) is 0.747. The number of halogens is 1. The van der Waals surface area contributed by atoms with E-state index in [-0.39, 0.29) is 0 Å². The molecule has 0 aromatic carbocycles. The number of nitrogens with zero attached hydrogens (tertiary/aromatic N) is 3. The van der Waals surface area contributed by atoms with Crippen molar-refractivity contribution in [2.45, 2.75) is 12.8 Å². The van der Waals surface area contributed by atoms with E-state index >= 15 is 0 Å². The van der Waals surface area contributed by atoms with Gasteiger partial charge >= 0.3 is 0 Å². The highest BCUT2D eigenvalue weighted by molar-refractivity contribution is 6.32. The summed E-state index contributed by atoms with van der Waals surface area (Å²) in [5.41, 5.74) is 0. The van der Waals surface area contributed by atoms with E-state index in [4.69, 9.17) is 16.9 Å². The number of hydrogen-bond donors (Lipinski definition) is 1. The second-order valence-electron chi connectivity index (χ2n) is 2.41. The molecule has 0 amide bonds. The van der Waals surface area contributed by atoms with E-state index in [0.717, 1.165) is 6.42 Å². The van der Waals surface area contributed by atoms with Crippen LogP contribution >= 0.6 is 11.6 Å². The van der Waals surface area contributed by atoms with Crippen molar-refractivity contribution in [3.05, 3.63) is 17.5 Å². The summed E-state index contributed by atoms with van der Waals surface area (Å²) in [4.78, 5) is 7.69. The Labute approximate surface area is 81.6 Å². The maximum Gasteiger partial charge on any atom is 0.148 e. The molecule has 0 radical (unpaired) electrons. The predicted octanol–water partition coefficient (Wildman–Crippen LogP) is 1.85. The van der Waals surface area contributed by atoms with Crippen molar-refractivity contribution in [2.24, 2.45) is 0 Å². The van der Waals surface area contributed by atoms with Crippen LogP contribution in [-0.4, -0.2) is 16.5 Å². The van der Waals surface area contributed by atoms with E-state index < -0.39 is 0 Å². The van der Waals surface area contributed by atoms with E-state index in [2.05, 4.69) is 21.4 Å². The Hall–Kier alpha value is -1.34. The summed E-state index contributed by atoms with van der Waals surface area (Å²) in [7, 11) is 0. The molecule has 0 spiro atoms. The highest BCUT2D eigenvalue weighted by atomic mass is 35.5. The number of nitriles is 1. The van der Waals surface area contributed by atoms with Crippen LogP contribution in [0.4, 0.5) is 5.82 Å². The molecule has 1 rings (SSSR count). The molecular weight excluding hydrogens is 188 g/mol. The van der Waals surface area contributed by atoms with Crippen LogP contribution in [-0.2, 0) is 0 Å². The van der Waals surface area contributed by atoms with Crippen LogP contribution in [0.2, 0.25) is 5.02 Å². The third-order valence-corrected chi connectivity index (χ3v) is 1.70. The van der Waals surface area contributed by atoms with Crippen LogP contribution in [0.25, 0.3) is 0 Å². The fourth-order valence-electron chi connectivity index (χ4n) is 0.817. The molecule has 68 valence electrons. The topological polar surface area (TPSA) is 61.6 Å². The number of rotatable bonds is 4. The van der Waals surface area contributed by atoms with Crippen LogP contribution in [0.5, 0.6) is 0 Å². The zero-order chi connectivity index (χ0) is 9.52. The number of nitrogens with one attached hydrogen (secondary N) is 1. The Kier molecular flexibility index (Phi) is 4.00. The molecule has 0 saturated heterocycles. The lowest BCUT2D eigenvalue weighted by Crippen LogP contribution is -2.03. The first kappa shape index (κ1) is 9.75. The van der Waals surface area contributed by atoms with E-state index in [9.17, 15) is 0 Å². The molecule has 0 aliphatic rings.